The molecule has 1 aliphatic heterocycles. The monoisotopic (exact) mass is 407 g/mol. The molecule has 0 saturated carbocycles. The lowest BCUT2D eigenvalue weighted by atomic mass is 10.2. The molecule has 1 saturated heterocycles. The third-order valence-corrected chi connectivity index (χ3v) is 6.36. The van der Waals surface area contributed by atoms with Gasteiger partial charge < -0.3 is 10.1 Å². The Morgan fingerprint density at radius 1 is 1.07 bits per heavy atom. The molecule has 0 aromatic heterocycles. The van der Waals surface area contributed by atoms with Crippen molar-refractivity contribution in [1.29, 1.82) is 0 Å². The maximum Gasteiger partial charge on any atom is 0.282 e. The van der Waals surface area contributed by atoms with E-state index >= 15 is 0 Å². The van der Waals surface area contributed by atoms with Gasteiger partial charge in [0.1, 0.15) is 11.6 Å². The largest absolute Gasteiger partial charge is 0.497 e. The lowest BCUT2D eigenvalue weighted by molar-refractivity contribution is -0.116. The van der Waals surface area contributed by atoms with Crippen LogP contribution in [-0.2, 0) is 21.5 Å². The number of anilines is 1. The van der Waals surface area contributed by atoms with E-state index in [1.165, 1.54) is 20.7 Å². The Kier molecular flexibility index (Phi) is 6.28. The Bertz CT molecular complexity index is 917. The summed E-state index contributed by atoms with van der Waals surface area (Å²) in [5, 5.41) is 2.69. The first kappa shape index (κ1) is 20.2. The highest BCUT2D eigenvalue weighted by molar-refractivity contribution is 7.86. The van der Waals surface area contributed by atoms with Gasteiger partial charge in [0.2, 0.25) is 5.91 Å². The lowest BCUT2D eigenvalue weighted by Gasteiger charge is -2.34. The molecule has 2 aromatic carbocycles. The van der Waals surface area contributed by atoms with Gasteiger partial charge in [0, 0.05) is 25.3 Å². The third kappa shape index (κ3) is 4.86. The van der Waals surface area contributed by atoms with E-state index < -0.39 is 16.1 Å². The summed E-state index contributed by atoms with van der Waals surface area (Å²) >= 11 is 0. The first-order valence-electron chi connectivity index (χ1n) is 8.82. The number of amides is 1. The van der Waals surface area contributed by atoms with Crippen LogP contribution in [-0.4, -0.2) is 49.7 Å². The molecule has 0 aliphatic carbocycles. The average molecular weight is 407 g/mol. The summed E-state index contributed by atoms with van der Waals surface area (Å²) in [4.78, 5) is 12.3. The summed E-state index contributed by atoms with van der Waals surface area (Å²) in [7, 11) is -2.23. The minimum Gasteiger partial charge on any atom is -0.497 e. The molecular formula is C19H22FN3O4S. The fourth-order valence-corrected chi connectivity index (χ4v) is 4.61. The molecule has 1 heterocycles. The number of rotatable bonds is 6. The van der Waals surface area contributed by atoms with Crippen LogP contribution < -0.4 is 10.1 Å². The van der Waals surface area contributed by atoms with Crippen molar-refractivity contribution in [2.45, 2.75) is 13.0 Å². The standard InChI is InChI=1S/C19H22FN3O4S/c1-27-18-9-7-17(8-10-18)21-19(24)14-23-12-2-11-22(28(23,25)26)13-15-3-5-16(20)6-4-15/h3-10H,2,11-14H2,1H3,(H,21,24). The molecular weight excluding hydrogens is 385 g/mol. The Morgan fingerprint density at radius 3 is 2.36 bits per heavy atom. The molecule has 0 spiro atoms. The van der Waals surface area contributed by atoms with Crippen molar-refractivity contribution in [2.24, 2.45) is 0 Å². The van der Waals surface area contributed by atoms with Gasteiger partial charge in [-0.2, -0.15) is 17.0 Å². The van der Waals surface area contributed by atoms with Crippen molar-refractivity contribution >= 4 is 21.8 Å². The summed E-state index contributed by atoms with van der Waals surface area (Å²) < 4.78 is 46.3. The maximum absolute atomic E-state index is 13.1. The Labute approximate surface area is 163 Å². The van der Waals surface area contributed by atoms with Gasteiger partial charge >= 0.3 is 0 Å². The number of halogens is 1. The van der Waals surface area contributed by atoms with Gasteiger partial charge in [0.25, 0.3) is 10.2 Å². The van der Waals surface area contributed by atoms with Crippen LogP contribution in [0.3, 0.4) is 0 Å². The number of methoxy groups -OCH3 is 1. The van der Waals surface area contributed by atoms with Gasteiger partial charge in [0.15, 0.2) is 0 Å². The summed E-state index contributed by atoms with van der Waals surface area (Å²) in [6.07, 6.45) is 0.607. The Morgan fingerprint density at radius 2 is 1.71 bits per heavy atom. The lowest BCUT2D eigenvalue weighted by Crippen LogP contribution is -2.51. The number of carbonyl (C=O) groups is 1. The quantitative estimate of drug-likeness (QED) is 0.797. The number of hydrogen-bond acceptors (Lipinski definition) is 4. The van der Waals surface area contributed by atoms with E-state index in [2.05, 4.69) is 5.32 Å². The second-order valence-corrected chi connectivity index (χ2v) is 8.36. The van der Waals surface area contributed by atoms with E-state index in [-0.39, 0.29) is 25.5 Å². The normalized spacial score (nSPS) is 17.2. The first-order valence-corrected chi connectivity index (χ1v) is 10.2. The van der Waals surface area contributed by atoms with Crippen molar-refractivity contribution < 1.29 is 22.3 Å². The van der Waals surface area contributed by atoms with Crippen LogP contribution in [0.15, 0.2) is 48.5 Å². The van der Waals surface area contributed by atoms with Gasteiger partial charge in [-0.25, -0.2) is 4.39 Å². The van der Waals surface area contributed by atoms with Crippen LogP contribution in [0.25, 0.3) is 0 Å². The predicted molar refractivity (Wildman–Crippen MR) is 104 cm³/mol. The molecule has 0 unspecified atom stereocenters. The molecule has 0 bridgehead atoms. The van der Waals surface area contributed by atoms with Crippen LogP contribution in [0.4, 0.5) is 10.1 Å². The molecule has 150 valence electrons. The summed E-state index contributed by atoms with van der Waals surface area (Å²) in [6.45, 7) is 0.502. The molecule has 1 aliphatic rings. The predicted octanol–water partition coefficient (Wildman–Crippen LogP) is 2.23. The minimum atomic E-state index is -3.78. The first-order chi connectivity index (χ1) is 13.4. The van der Waals surface area contributed by atoms with Crippen molar-refractivity contribution in [2.75, 3.05) is 32.1 Å². The maximum atomic E-state index is 13.1. The topological polar surface area (TPSA) is 79.0 Å². The van der Waals surface area contributed by atoms with Gasteiger partial charge in [-0.3, -0.25) is 4.79 Å². The number of nitrogens with zero attached hydrogens (tertiary/aromatic N) is 2. The Balaban J connectivity index is 1.64. The van der Waals surface area contributed by atoms with E-state index in [0.717, 1.165) is 0 Å². The van der Waals surface area contributed by atoms with Crippen molar-refractivity contribution in [3.63, 3.8) is 0 Å². The molecule has 2 aromatic rings. The van der Waals surface area contributed by atoms with Crippen molar-refractivity contribution in [1.82, 2.24) is 8.61 Å². The summed E-state index contributed by atoms with van der Waals surface area (Å²) in [6, 6.07) is 12.5. The zero-order chi connectivity index (χ0) is 20.1. The van der Waals surface area contributed by atoms with Gasteiger partial charge in [-0.1, -0.05) is 12.1 Å². The number of benzene rings is 2. The molecule has 1 N–H and O–H groups in total. The zero-order valence-electron chi connectivity index (χ0n) is 15.5. The molecule has 0 radical (unpaired) electrons. The molecule has 9 heteroatoms. The molecule has 7 nitrogen and oxygen atoms in total. The number of carbonyl (C=O) groups excluding carboxylic acids is 1. The van der Waals surface area contributed by atoms with Crippen LogP contribution in [0.1, 0.15) is 12.0 Å². The van der Waals surface area contributed by atoms with E-state index in [1.54, 1.807) is 43.5 Å². The zero-order valence-corrected chi connectivity index (χ0v) is 16.3. The molecule has 1 fully saturated rings. The Hall–Kier alpha value is -2.49. The second-order valence-electron chi connectivity index (χ2n) is 6.43. The van der Waals surface area contributed by atoms with E-state index in [4.69, 9.17) is 4.74 Å². The van der Waals surface area contributed by atoms with E-state index in [9.17, 15) is 17.6 Å². The van der Waals surface area contributed by atoms with Crippen LogP contribution in [0, 0.1) is 5.82 Å². The fourth-order valence-electron chi connectivity index (χ4n) is 2.97. The van der Waals surface area contributed by atoms with Gasteiger partial charge in [0.05, 0.1) is 13.7 Å². The third-order valence-electron chi connectivity index (χ3n) is 4.43. The van der Waals surface area contributed by atoms with Crippen molar-refractivity contribution in [3.05, 3.63) is 59.9 Å². The molecule has 28 heavy (non-hydrogen) atoms. The van der Waals surface area contributed by atoms with E-state index in [1.807, 2.05) is 0 Å². The highest BCUT2D eigenvalue weighted by Crippen LogP contribution is 2.20. The van der Waals surface area contributed by atoms with Gasteiger partial charge in [-0.15, -0.1) is 0 Å². The minimum absolute atomic E-state index is 0.138. The smallest absolute Gasteiger partial charge is 0.282 e. The highest BCUT2D eigenvalue weighted by atomic mass is 32.2. The second kappa shape index (κ2) is 8.68. The molecule has 0 atom stereocenters. The van der Waals surface area contributed by atoms with Crippen LogP contribution >= 0.6 is 0 Å². The number of ether oxygens (including phenoxy) is 1. The van der Waals surface area contributed by atoms with Crippen LogP contribution in [0.2, 0.25) is 0 Å². The average Bonchev–Trinajstić information content (AvgIpc) is 2.67. The summed E-state index contributed by atoms with van der Waals surface area (Å²) in [5.41, 5.74) is 1.25. The molecule has 3 rings (SSSR count). The number of hydrogen-bond donors (Lipinski definition) is 1. The number of nitrogens with one attached hydrogen (secondary N) is 1. The summed E-state index contributed by atoms with van der Waals surface area (Å²) in [5.74, 6) is -0.132. The van der Waals surface area contributed by atoms with Crippen LogP contribution in [0.5, 0.6) is 5.75 Å². The van der Waals surface area contributed by atoms with Gasteiger partial charge in [-0.05, 0) is 48.4 Å². The SMILES string of the molecule is COc1ccc(NC(=O)CN2CCCN(Cc3ccc(F)cc3)S2(=O)=O)cc1. The highest BCUT2D eigenvalue weighted by Gasteiger charge is 2.34. The fraction of sp³-hybridized carbons (Fsp3) is 0.316. The van der Waals surface area contributed by atoms with E-state index in [0.29, 0.717) is 30.0 Å². The molecule has 1 amide bonds. The van der Waals surface area contributed by atoms with Crippen molar-refractivity contribution in [3.8, 4) is 5.75 Å².